The summed E-state index contributed by atoms with van der Waals surface area (Å²) < 4.78 is 6.14. The molecule has 1 aliphatic rings. The lowest BCUT2D eigenvalue weighted by Gasteiger charge is -2.17. The number of benzene rings is 1. The lowest BCUT2D eigenvalue weighted by atomic mass is 9.95. The Balaban J connectivity index is 1.59. The lowest BCUT2D eigenvalue weighted by Crippen LogP contribution is -2.29. The number of nitrogens with zero attached hydrogens (tertiary/aromatic N) is 2. The molecule has 1 fully saturated rings. The van der Waals surface area contributed by atoms with Gasteiger partial charge in [0.15, 0.2) is 0 Å². The molecule has 3 aromatic rings. The van der Waals surface area contributed by atoms with Crippen LogP contribution in [0, 0.1) is 0 Å². The SMILES string of the molecule is CNc1cc(C(=O)N2CCC(c3c(C(=O)NCCOC)sc4ccccc34)C2)ccn1. The highest BCUT2D eigenvalue weighted by Gasteiger charge is 2.33. The van der Waals surface area contributed by atoms with Gasteiger partial charge < -0.3 is 20.3 Å². The highest BCUT2D eigenvalue weighted by Crippen LogP contribution is 2.40. The molecule has 0 aliphatic carbocycles. The number of aromatic nitrogens is 1. The van der Waals surface area contributed by atoms with Crippen molar-refractivity contribution in [2.24, 2.45) is 0 Å². The molecule has 1 atom stereocenters. The minimum absolute atomic E-state index is 0.00738. The van der Waals surface area contributed by atoms with Gasteiger partial charge >= 0.3 is 0 Å². The van der Waals surface area contributed by atoms with Gasteiger partial charge in [-0.1, -0.05) is 18.2 Å². The van der Waals surface area contributed by atoms with Gasteiger partial charge in [0.05, 0.1) is 11.5 Å². The molecule has 1 aromatic carbocycles. The Morgan fingerprint density at radius 2 is 2.13 bits per heavy atom. The summed E-state index contributed by atoms with van der Waals surface area (Å²) in [6.45, 7) is 2.19. The summed E-state index contributed by atoms with van der Waals surface area (Å²) in [6.07, 6.45) is 2.47. The normalized spacial score (nSPS) is 15.9. The van der Waals surface area contributed by atoms with Crippen LogP contribution in [0.5, 0.6) is 0 Å². The van der Waals surface area contributed by atoms with E-state index in [1.807, 2.05) is 23.1 Å². The molecular weight excluding hydrogens is 412 g/mol. The van der Waals surface area contributed by atoms with Crippen LogP contribution < -0.4 is 10.6 Å². The Labute approximate surface area is 185 Å². The molecule has 1 unspecified atom stereocenters. The number of ether oxygens (including phenoxy) is 1. The van der Waals surface area contributed by atoms with Crippen molar-refractivity contribution in [3.63, 3.8) is 0 Å². The first-order valence-electron chi connectivity index (χ1n) is 10.3. The van der Waals surface area contributed by atoms with Crippen molar-refractivity contribution in [1.82, 2.24) is 15.2 Å². The third kappa shape index (κ3) is 4.40. The van der Waals surface area contributed by atoms with Crippen LogP contribution >= 0.6 is 11.3 Å². The van der Waals surface area contributed by atoms with E-state index in [0.29, 0.717) is 37.6 Å². The van der Waals surface area contributed by atoms with Crippen molar-refractivity contribution in [1.29, 1.82) is 0 Å². The Morgan fingerprint density at radius 3 is 2.94 bits per heavy atom. The van der Waals surface area contributed by atoms with E-state index in [9.17, 15) is 9.59 Å². The highest BCUT2D eigenvalue weighted by atomic mass is 32.1. The molecule has 2 amide bonds. The van der Waals surface area contributed by atoms with E-state index in [1.165, 1.54) is 11.3 Å². The molecule has 2 N–H and O–H groups in total. The third-order valence-electron chi connectivity index (χ3n) is 5.58. The fraction of sp³-hybridized carbons (Fsp3) is 0.348. The van der Waals surface area contributed by atoms with E-state index >= 15 is 0 Å². The maximum atomic E-state index is 13.1. The van der Waals surface area contributed by atoms with Gasteiger partial charge in [-0.15, -0.1) is 11.3 Å². The average molecular weight is 439 g/mol. The van der Waals surface area contributed by atoms with Crippen LogP contribution in [-0.2, 0) is 4.74 Å². The van der Waals surface area contributed by atoms with Gasteiger partial charge in [-0.3, -0.25) is 9.59 Å². The minimum Gasteiger partial charge on any atom is -0.383 e. The monoisotopic (exact) mass is 438 g/mol. The summed E-state index contributed by atoms with van der Waals surface area (Å²) >= 11 is 1.51. The number of likely N-dealkylation sites (tertiary alicyclic amines) is 1. The van der Waals surface area contributed by atoms with Crippen LogP contribution in [0.1, 0.15) is 37.9 Å². The number of fused-ring (bicyclic) bond motifs is 1. The van der Waals surface area contributed by atoms with Crippen molar-refractivity contribution >= 4 is 39.1 Å². The first-order valence-corrected chi connectivity index (χ1v) is 11.2. The molecule has 31 heavy (non-hydrogen) atoms. The minimum atomic E-state index is -0.0779. The van der Waals surface area contributed by atoms with Crippen LogP contribution in [0.4, 0.5) is 5.82 Å². The number of nitrogens with one attached hydrogen (secondary N) is 2. The summed E-state index contributed by atoms with van der Waals surface area (Å²) in [6, 6.07) is 11.6. The molecule has 0 spiro atoms. The lowest BCUT2D eigenvalue weighted by molar-refractivity contribution is 0.0790. The molecule has 1 saturated heterocycles. The Kier molecular flexibility index (Phi) is 6.48. The van der Waals surface area contributed by atoms with E-state index in [-0.39, 0.29) is 17.7 Å². The van der Waals surface area contributed by atoms with Crippen LogP contribution in [-0.4, -0.2) is 62.1 Å². The zero-order chi connectivity index (χ0) is 21.8. The van der Waals surface area contributed by atoms with Gasteiger partial charge in [-0.05, 0) is 35.6 Å². The van der Waals surface area contributed by atoms with Crippen molar-refractivity contribution in [3.05, 3.63) is 58.6 Å². The second-order valence-electron chi connectivity index (χ2n) is 7.51. The predicted molar refractivity (Wildman–Crippen MR) is 123 cm³/mol. The number of pyridine rings is 1. The molecule has 7 nitrogen and oxygen atoms in total. The molecule has 1 aliphatic heterocycles. The topological polar surface area (TPSA) is 83.6 Å². The number of amides is 2. The molecule has 0 saturated carbocycles. The van der Waals surface area contributed by atoms with Gasteiger partial charge in [0.2, 0.25) is 0 Å². The number of hydrogen-bond donors (Lipinski definition) is 2. The Hall–Kier alpha value is -2.97. The van der Waals surface area contributed by atoms with Crippen LogP contribution in [0.15, 0.2) is 42.6 Å². The van der Waals surface area contributed by atoms with Gasteiger partial charge in [-0.2, -0.15) is 0 Å². The Morgan fingerprint density at radius 1 is 1.29 bits per heavy atom. The summed E-state index contributed by atoms with van der Waals surface area (Å²) in [5.74, 6) is 0.701. The average Bonchev–Trinajstić information content (AvgIpc) is 3.43. The summed E-state index contributed by atoms with van der Waals surface area (Å²) in [7, 11) is 3.40. The molecular formula is C23H26N4O3S. The summed E-state index contributed by atoms with van der Waals surface area (Å²) in [4.78, 5) is 32.8. The highest BCUT2D eigenvalue weighted by molar-refractivity contribution is 7.21. The number of anilines is 1. The zero-order valence-corrected chi connectivity index (χ0v) is 18.5. The molecule has 3 heterocycles. The quantitative estimate of drug-likeness (QED) is 0.553. The van der Waals surface area contributed by atoms with Gasteiger partial charge in [0.25, 0.3) is 11.8 Å². The smallest absolute Gasteiger partial charge is 0.261 e. The second kappa shape index (κ2) is 9.45. The van der Waals surface area contributed by atoms with Crippen molar-refractivity contribution in [2.75, 3.05) is 45.7 Å². The number of rotatable bonds is 7. The van der Waals surface area contributed by atoms with E-state index in [0.717, 1.165) is 26.9 Å². The molecule has 0 bridgehead atoms. The van der Waals surface area contributed by atoms with Crippen LogP contribution in [0.25, 0.3) is 10.1 Å². The zero-order valence-electron chi connectivity index (χ0n) is 17.7. The number of carbonyl (C=O) groups excluding carboxylic acids is 2. The molecule has 162 valence electrons. The Bertz CT molecular complexity index is 1100. The third-order valence-corrected chi connectivity index (χ3v) is 6.76. The number of methoxy groups -OCH3 is 1. The van der Waals surface area contributed by atoms with Crippen molar-refractivity contribution < 1.29 is 14.3 Å². The van der Waals surface area contributed by atoms with E-state index in [2.05, 4.69) is 21.7 Å². The molecule has 0 radical (unpaired) electrons. The van der Waals surface area contributed by atoms with Gasteiger partial charge in [0.1, 0.15) is 5.82 Å². The molecule has 4 rings (SSSR count). The largest absolute Gasteiger partial charge is 0.383 e. The first-order chi connectivity index (χ1) is 15.1. The molecule has 8 heteroatoms. The standard InChI is InChI=1S/C23H26N4O3S/c1-24-19-13-15(7-9-25-19)23(29)27-11-8-16(14-27)20-17-5-3-4-6-18(17)31-21(20)22(28)26-10-12-30-2/h3-7,9,13,16H,8,10-12,14H2,1-2H3,(H,24,25)(H,26,28). The van der Waals surface area contributed by atoms with Crippen LogP contribution in [0.2, 0.25) is 0 Å². The van der Waals surface area contributed by atoms with Gasteiger partial charge in [0, 0.05) is 56.2 Å². The fourth-order valence-electron chi connectivity index (χ4n) is 4.05. The van der Waals surface area contributed by atoms with E-state index in [1.54, 1.807) is 32.5 Å². The van der Waals surface area contributed by atoms with Crippen molar-refractivity contribution in [3.8, 4) is 0 Å². The maximum absolute atomic E-state index is 13.1. The second-order valence-corrected chi connectivity index (χ2v) is 8.56. The first kappa shape index (κ1) is 21.3. The molecule has 2 aromatic heterocycles. The fourth-order valence-corrected chi connectivity index (χ4v) is 5.26. The van der Waals surface area contributed by atoms with E-state index in [4.69, 9.17) is 4.74 Å². The number of thiophene rings is 1. The van der Waals surface area contributed by atoms with Crippen molar-refractivity contribution in [2.45, 2.75) is 12.3 Å². The maximum Gasteiger partial charge on any atom is 0.261 e. The van der Waals surface area contributed by atoms with Gasteiger partial charge in [-0.25, -0.2) is 4.98 Å². The predicted octanol–water partition coefficient (Wildman–Crippen LogP) is 3.34. The van der Waals surface area contributed by atoms with E-state index < -0.39 is 0 Å². The van der Waals surface area contributed by atoms with Crippen LogP contribution in [0.3, 0.4) is 0 Å². The number of hydrogen-bond acceptors (Lipinski definition) is 6. The summed E-state index contributed by atoms with van der Waals surface area (Å²) in [5, 5.41) is 7.02. The number of carbonyl (C=O) groups is 2. The summed E-state index contributed by atoms with van der Waals surface area (Å²) in [5.41, 5.74) is 1.67.